The lowest BCUT2D eigenvalue weighted by Gasteiger charge is -2.50. The topological polar surface area (TPSA) is 90.9 Å². The van der Waals surface area contributed by atoms with Gasteiger partial charge in [-0.05, 0) is 91.0 Å². The molecule has 0 amide bonds. The Morgan fingerprint density at radius 2 is 2.00 bits per heavy atom. The summed E-state index contributed by atoms with van der Waals surface area (Å²) < 4.78 is 4.49. The van der Waals surface area contributed by atoms with Crippen LogP contribution in [-0.4, -0.2) is 27.4 Å². The first-order valence-electron chi connectivity index (χ1n) is 10.2. The molecule has 0 unspecified atom stereocenters. The molecule has 28 heavy (non-hydrogen) atoms. The van der Waals surface area contributed by atoms with Crippen molar-refractivity contribution in [2.24, 2.45) is 17.3 Å². The van der Waals surface area contributed by atoms with E-state index in [0.29, 0.717) is 17.6 Å². The van der Waals surface area contributed by atoms with Gasteiger partial charge in [0.15, 0.2) is 0 Å². The fourth-order valence-corrected chi connectivity index (χ4v) is 5.93. The number of benzene rings is 1. The molecule has 0 spiro atoms. The third-order valence-electron chi connectivity index (χ3n) is 7.43. The van der Waals surface area contributed by atoms with Crippen LogP contribution in [0.4, 0.5) is 0 Å². The van der Waals surface area contributed by atoms with Gasteiger partial charge in [-0.2, -0.15) is 0 Å². The summed E-state index contributed by atoms with van der Waals surface area (Å²) >= 11 is 0. The minimum atomic E-state index is -0.959. The lowest BCUT2D eigenvalue weighted by atomic mass is 9.55. The number of aliphatic hydroxyl groups excluding tert-OH is 1. The van der Waals surface area contributed by atoms with Crippen molar-refractivity contribution in [3.8, 4) is 5.75 Å². The predicted octanol–water partition coefficient (Wildman–Crippen LogP) is 4.59. The van der Waals surface area contributed by atoms with Gasteiger partial charge < -0.3 is 19.7 Å². The van der Waals surface area contributed by atoms with Gasteiger partial charge in [-0.15, -0.1) is 0 Å². The number of furan rings is 1. The van der Waals surface area contributed by atoms with Gasteiger partial charge in [-0.1, -0.05) is 13.0 Å². The van der Waals surface area contributed by atoms with E-state index in [0.717, 1.165) is 25.2 Å². The van der Waals surface area contributed by atoms with E-state index < -0.39 is 5.97 Å². The third-order valence-corrected chi connectivity index (χ3v) is 7.43. The number of carbonyl (C=O) groups is 1. The monoisotopic (exact) mass is 384 g/mol. The molecule has 2 saturated carbocycles. The minimum absolute atomic E-state index is 0.0883. The Labute approximate surface area is 165 Å². The van der Waals surface area contributed by atoms with E-state index >= 15 is 0 Å². The second kappa shape index (κ2) is 7.28. The molecule has 0 bridgehead atoms. The number of aromatic carboxylic acids is 1. The van der Waals surface area contributed by atoms with Crippen molar-refractivity contribution < 1.29 is 24.5 Å². The first kappa shape index (κ1) is 19.1. The fraction of sp³-hybridized carbons (Fsp3) is 0.522. The molecule has 0 saturated heterocycles. The zero-order valence-corrected chi connectivity index (χ0v) is 16.2. The molecule has 3 aliphatic carbocycles. The summed E-state index contributed by atoms with van der Waals surface area (Å²) in [5, 5.41) is 28.3. The summed E-state index contributed by atoms with van der Waals surface area (Å²) in [7, 11) is 0. The van der Waals surface area contributed by atoms with Crippen LogP contribution < -0.4 is 0 Å². The molecular formula is C23H28O5. The van der Waals surface area contributed by atoms with Crippen molar-refractivity contribution in [3.63, 3.8) is 0 Å². The minimum Gasteiger partial charge on any atom is -0.508 e. The normalized spacial score (nSPS) is 33.1. The molecule has 1 heterocycles. The Morgan fingerprint density at radius 1 is 1.18 bits per heavy atom. The van der Waals surface area contributed by atoms with Crippen LogP contribution in [0.25, 0.3) is 0 Å². The Bertz CT molecular complexity index is 843. The van der Waals surface area contributed by atoms with Gasteiger partial charge in [0, 0.05) is 0 Å². The van der Waals surface area contributed by atoms with E-state index in [1.807, 2.05) is 12.1 Å². The number of aryl methyl sites for hydroxylation is 1. The second-order valence-electron chi connectivity index (χ2n) is 8.75. The Balaban J connectivity index is 0.000000203. The van der Waals surface area contributed by atoms with Crippen molar-refractivity contribution in [2.45, 2.75) is 57.5 Å². The summed E-state index contributed by atoms with van der Waals surface area (Å²) in [6, 6.07) is 7.35. The van der Waals surface area contributed by atoms with Gasteiger partial charge in [-0.3, -0.25) is 0 Å². The molecule has 5 rings (SSSR count). The van der Waals surface area contributed by atoms with E-state index in [4.69, 9.17) is 5.11 Å². The summed E-state index contributed by atoms with van der Waals surface area (Å²) in [6.07, 6.45) is 9.29. The molecule has 5 heteroatoms. The summed E-state index contributed by atoms with van der Waals surface area (Å²) in [4.78, 5) is 10.0. The number of hydrogen-bond donors (Lipinski definition) is 3. The maximum Gasteiger partial charge on any atom is 0.338 e. The van der Waals surface area contributed by atoms with E-state index in [1.165, 1.54) is 49.0 Å². The van der Waals surface area contributed by atoms with Gasteiger partial charge in [0.05, 0.1) is 17.9 Å². The van der Waals surface area contributed by atoms with Crippen LogP contribution in [0.2, 0.25) is 0 Å². The fourth-order valence-electron chi connectivity index (χ4n) is 5.93. The largest absolute Gasteiger partial charge is 0.508 e. The van der Waals surface area contributed by atoms with E-state index in [2.05, 4.69) is 17.4 Å². The van der Waals surface area contributed by atoms with E-state index in [1.54, 1.807) is 0 Å². The average molecular weight is 384 g/mol. The van der Waals surface area contributed by atoms with Crippen LogP contribution in [0.15, 0.2) is 41.2 Å². The molecule has 0 radical (unpaired) electrons. The van der Waals surface area contributed by atoms with Crippen molar-refractivity contribution in [2.75, 3.05) is 0 Å². The molecule has 150 valence electrons. The molecule has 1 aromatic carbocycles. The summed E-state index contributed by atoms with van der Waals surface area (Å²) in [5.41, 5.74) is 3.18. The van der Waals surface area contributed by atoms with Crippen LogP contribution in [0.5, 0.6) is 5.75 Å². The Morgan fingerprint density at radius 3 is 2.68 bits per heavy atom. The second-order valence-corrected chi connectivity index (χ2v) is 8.75. The zero-order chi connectivity index (χ0) is 19.9. The summed E-state index contributed by atoms with van der Waals surface area (Å²) in [6.45, 7) is 2.32. The van der Waals surface area contributed by atoms with E-state index in [-0.39, 0.29) is 17.1 Å². The van der Waals surface area contributed by atoms with Crippen molar-refractivity contribution in [1.29, 1.82) is 0 Å². The molecular weight excluding hydrogens is 356 g/mol. The SMILES string of the molecule is C[C@]12CC[C@@H]3c4ccc(O)cc4CC[C@H]3[C@@H]1CC[C@@H]2O.O=C(O)c1ccoc1. The zero-order valence-electron chi connectivity index (χ0n) is 16.2. The van der Waals surface area contributed by atoms with Crippen molar-refractivity contribution >= 4 is 5.97 Å². The number of hydrogen-bond acceptors (Lipinski definition) is 4. The molecule has 2 fully saturated rings. The maximum atomic E-state index is 10.4. The highest BCUT2D eigenvalue weighted by atomic mass is 16.4. The average Bonchev–Trinajstić information content (AvgIpc) is 3.31. The highest BCUT2D eigenvalue weighted by Gasteiger charge is 2.54. The van der Waals surface area contributed by atoms with E-state index in [9.17, 15) is 15.0 Å². The number of carboxylic acids is 1. The lowest BCUT2D eigenvalue weighted by molar-refractivity contribution is -0.0226. The molecule has 5 atom stereocenters. The van der Waals surface area contributed by atoms with Crippen LogP contribution in [0, 0.1) is 17.3 Å². The van der Waals surface area contributed by atoms with Crippen LogP contribution in [-0.2, 0) is 6.42 Å². The van der Waals surface area contributed by atoms with Crippen molar-refractivity contribution in [1.82, 2.24) is 0 Å². The van der Waals surface area contributed by atoms with Gasteiger partial charge >= 0.3 is 5.97 Å². The summed E-state index contributed by atoms with van der Waals surface area (Å²) in [5.74, 6) is 1.53. The molecule has 0 aliphatic heterocycles. The lowest BCUT2D eigenvalue weighted by Crippen LogP contribution is -2.43. The Kier molecular flexibility index (Phi) is 4.96. The number of rotatable bonds is 1. The molecule has 2 aromatic rings. The quantitative estimate of drug-likeness (QED) is 0.669. The van der Waals surface area contributed by atoms with Crippen LogP contribution >= 0.6 is 0 Å². The van der Waals surface area contributed by atoms with Gasteiger partial charge in [0.1, 0.15) is 12.0 Å². The highest BCUT2D eigenvalue weighted by molar-refractivity contribution is 5.86. The number of aliphatic hydroxyl groups is 1. The molecule has 1 aromatic heterocycles. The molecule has 3 N–H and O–H groups in total. The number of phenols is 1. The van der Waals surface area contributed by atoms with Gasteiger partial charge in [0.25, 0.3) is 0 Å². The Hall–Kier alpha value is -2.27. The third kappa shape index (κ3) is 3.22. The number of carboxylic acid groups (broad SMARTS) is 1. The first-order chi connectivity index (χ1) is 13.4. The predicted molar refractivity (Wildman–Crippen MR) is 104 cm³/mol. The number of aromatic hydroxyl groups is 1. The van der Waals surface area contributed by atoms with Crippen LogP contribution in [0.3, 0.4) is 0 Å². The smallest absolute Gasteiger partial charge is 0.338 e. The van der Waals surface area contributed by atoms with Gasteiger partial charge in [0.2, 0.25) is 0 Å². The van der Waals surface area contributed by atoms with Crippen LogP contribution in [0.1, 0.15) is 66.4 Å². The van der Waals surface area contributed by atoms with Crippen molar-refractivity contribution in [3.05, 3.63) is 53.5 Å². The maximum absolute atomic E-state index is 10.4. The van der Waals surface area contributed by atoms with Gasteiger partial charge in [-0.25, -0.2) is 4.79 Å². The standard InChI is InChI=1S/C18H24O2.C5H4O3/c1-18-9-8-14-13-5-3-12(19)10-11(13)2-4-15(14)16(18)6-7-17(18)20;6-5(7)4-1-2-8-3-4/h3,5,10,14-17,19-20H,2,4,6-9H2,1H3;1-3H,(H,6,7)/t14-,15-,16+,17+,18+;/m1./s1. The molecule has 5 nitrogen and oxygen atoms in total. The first-order valence-corrected chi connectivity index (χ1v) is 10.2. The number of fused-ring (bicyclic) bond motifs is 5. The number of phenolic OH excluding ortho intramolecular Hbond substituents is 1. The highest BCUT2D eigenvalue weighted by Crippen LogP contribution is 2.60. The molecule has 3 aliphatic rings.